The first-order valence-electron chi connectivity index (χ1n) is 11.4. The van der Waals surface area contributed by atoms with E-state index in [9.17, 15) is 14.4 Å². The quantitative estimate of drug-likeness (QED) is 0.619. The van der Waals surface area contributed by atoms with Crippen LogP contribution in [-0.2, 0) is 19.4 Å². The second kappa shape index (κ2) is 8.73. The number of benzene rings is 1. The minimum absolute atomic E-state index is 0.0933. The van der Waals surface area contributed by atoms with Gasteiger partial charge >= 0.3 is 5.69 Å². The Labute approximate surface area is 190 Å². The zero-order valence-electron chi connectivity index (χ0n) is 18.6. The number of piperidine rings is 1. The minimum Gasteiger partial charge on any atom is -0.364 e. The van der Waals surface area contributed by atoms with Gasteiger partial charge in [0.2, 0.25) is 0 Å². The summed E-state index contributed by atoms with van der Waals surface area (Å²) in [5, 5.41) is 6.92. The average Bonchev–Trinajstić information content (AvgIpc) is 3.44. The van der Waals surface area contributed by atoms with Crippen molar-refractivity contribution in [3.8, 4) is 0 Å². The van der Waals surface area contributed by atoms with Crippen molar-refractivity contribution in [3.05, 3.63) is 73.8 Å². The molecule has 2 aromatic heterocycles. The number of hydrogen-bond donors (Lipinski definition) is 2. The maximum atomic E-state index is 12.7. The predicted octanol–water partition coefficient (Wildman–Crippen LogP) is 2.62. The Bertz CT molecular complexity index is 1270. The summed E-state index contributed by atoms with van der Waals surface area (Å²) < 4.78 is 6.12. The number of likely N-dealkylation sites (tertiary alicyclic amines) is 1. The third kappa shape index (κ3) is 4.35. The molecular formula is C24H27N5O4. The van der Waals surface area contributed by atoms with E-state index in [4.69, 9.17) is 4.52 Å². The molecule has 0 saturated carbocycles. The number of hydrogen-bond acceptors (Lipinski definition) is 6. The Kier molecular flexibility index (Phi) is 5.62. The second-order valence-electron chi connectivity index (χ2n) is 8.95. The molecule has 1 aromatic carbocycles. The number of aromatic nitrogens is 3. The molecule has 9 nitrogen and oxygen atoms in total. The van der Waals surface area contributed by atoms with Gasteiger partial charge in [0.15, 0.2) is 0 Å². The molecule has 1 fully saturated rings. The molecule has 9 heteroatoms. The predicted molar refractivity (Wildman–Crippen MR) is 123 cm³/mol. The number of nitrogens with zero attached hydrogens (tertiary/aromatic N) is 3. The highest BCUT2D eigenvalue weighted by Gasteiger charge is 2.26. The maximum Gasteiger partial charge on any atom is 0.329 e. The van der Waals surface area contributed by atoms with Crippen molar-refractivity contribution >= 4 is 17.4 Å². The number of amides is 1. The van der Waals surface area contributed by atoms with Gasteiger partial charge in [-0.05, 0) is 68.2 Å². The van der Waals surface area contributed by atoms with Crippen LogP contribution in [0.3, 0.4) is 0 Å². The molecular weight excluding hydrogens is 422 g/mol. The number of H-pyrrole nitrogens is 1. The highest BCUT2D eigenvalue weighted by molar-refractivity contribution is 5.94. The third-order valence-corrected chi connectivity index (χ3v) is 6.72. The number of fused-ring (bicyclic) bond motifs is 1. The SMILES string of the molecule is Cc1nocc1C(=O)N1CCC(Cn2c(=O)cc(Nc3ccc4c(c3)CCC4)[nH]c2=O)CC1. The highest BCUT2D eigenvalue weighted by atomic mass is 16.5. The standard InChI is InChI=1S/C24H27N5O4/c1-15-20(14-33-27-15)23(31)28-9-7-16(8-10-28)13-29-22(30)12-21(26-24(29)32)25-19-6-5-17-3-2-4-18(17)11-19/h5-6,11-12,14,16,25H,2-4,7-10,13H2,1H3,(H,26,32). The Morgan fingerprint density at radius 2 is 1.97 bits per heavy atom. The number of nitrogens with one attached hydrogen (secondary N) is 2. The van der Waals surface area contributed by atoms with Crippen LogP contribution in [0.1, 0.15) is 46.4 Å². The second-order valence-corrected chi connectivity index (χ2v) is 8.95. The first-order valence-corrected chi connectivity index (χ1v) is 11.4. The van der Waals surface area contributed by atoms with E-state index >= 15 is 0 Å². The van der Waals surface area contributed by atoms with Crippen LogP contribution in [0.5, 0.6) is 0 Å². The lowest BCUT2D eigenvalue weighted by Crippen LogP contribution is -2.42. The lowest BCUT2D eigenvalue weighted by molar-refractivity contribution is 0.0680. The molecule has 3 aromatic rings. The third-order valence-electron chi connectivity index (χ3n) is 6.72. The normalized spacial score (nSPS) is 16.1. The van der Waals surface area contributed by atoms with Gasteiger partial charge in [0.25, 0.3) is 11.5 Å². The summed E-state index contributed by atoms with van der Waals surface area (Å²) in [6, 6.07) is 7.60. The Hall–Kier alpha value is -3.62. The van der Waals surface area contributed by atoms with Crippen molar-refractivity contribution < 1.29 is 9.32 Å². The van der Waals surface area contributed by atoms with Crippen molar-refractivity contribution in [1.82, 2.24) is 19.6 Å². The van der Waals surface area contributed by atoms with E-state index in [1.54, 1.807) is 11.8 Å². The fraction of sp³-hybridized carbons (Fsp3) is 0.417. The molecule has 2 N–H and O–H groups in total. The Morgan fingerprint density at radius 1 is 1.18 bits per heavy atom. The topological polar surface area (TPSA) is 113 Å². The van der Waals surface area contributed by atoms with Crippen molar-refractivity contribution in [1.29, 1.82) is 0 Å². The number of aryl methyl sites for hydroxylation is 3. The van der Waals surface area contributed by atoms with Gasteiger partial charge in [-0.1, -0.05) is 11.2 Å². The molecule has 0 spiro atoms. The zero-order valence-corrected chi connectivity index (χ0v) is 18.6. The molecule has 0 atom stereocenters. The van der Waals surface area contributed by atoms with E-state index in [0.29, 0.717) is 36.7 Å². The van der Waals surface area contributed by atoms with E-state index in [1.807, 2.05) is 6.07 Å². The first-order chi connectivity index (χ1) is 16.0. The van der Waals surface area contributed by atoms with Crippen molar-refractivity contribution in [2.24, 2.45) is 5.92 Å². The number of anilines is 2. The zero-order chi connectivity index (χ0) is 22.9. The van der Waals surface area contributed by atoms with Gasteiger partial charge in [-0.15, -0.1) is 0 Å². The summed E-state index contributed by atoms with van der Waals surface area (Å²) in [7, 11) is 0. The summed E-state index contributed by atoms with van der Waals surface area (Å²) in [4.78, 5) is 42.5. The van der Waals surface area contributed by atoms with Crippen LogP contribution in [-0.4, -0.2) is 38.6 Å². The van der Waals surface area contributed by atoms with Crippen LogP contribution >= 0.6 is 0 Å². The molecule has 2 aliphatic rings. The van der Waals surface area contributed by atoms with Gasteiger partial charge in [-0.2, -0.15) is 0 Å². The fourth-order valence-corrected chi connectivity index (χ4v) is 4.81. The minimum atomic E-state index is -0.426. The molecule has 1 saturated heterocycles. The summed E-state index contributed by atoms with van der Waals surface area (Å²) in [5.41, 5.74) is 3.85. The van der Waals surface area contributed by atoms with E-state index < -0.39 is 5.69 Å². The van der Waals surface area contributed by atoms with E-state index in [1.165, 1.54) is 34.4 Å². The molecule has 1 aliphatic carbocycles. The van der Waals surface area contributed by atoms with Gasteiger partial charge in [0.1, 0.15) is 17.6 Å². The summed E-state index contributed by atoms with van der Waals surface area (Å²) in [6.45, 7) is 3.21. The molecule has 1 amide bonds. The van der Waals surface area contributed by atoms with Gasteiger partial charge < -0.3 is 14.7 Å². The summed E-state index contributed by atoms with van der Waals surface area (Å²) >= 11 is 0. The molecule has 5 rings (SSSR count). The van der Waals surface area contributed by atoms with Crippen LogP contribution in [0.4, 0.5) is 11.5 Å². The fourth-order valence-electron chi connectivity index (χ4n) is 4.81. The first kappa shape index (κ1) is 21.2. The van der Waals surface area contributed by atoms with Gasteiger partial charge in [0.05, 0.1) is 5.69 Å². The lowest BCUT2D eigenvalue weighted by atomic mass is 9.96. The summed E-state index contributed by atoms with van der Waals surface area (Å²) in [5.74, 6) is 0.444. The van der Waals surface area contributed by atoms with E-state index in [0.717, 1.165) is 31.4 Å². The number of aromatic amines is 1. The van der Waals surface area contributed by atoms with Crippen molar-refractivity contribution in [2.75, 3.05) is 18.4 Å². The number of rotatable bonds is 5. The van der Waals surface area contributed by atoms with Crippen LogP contribution in [0.25, 0.3) is 0 Å². The number of carbonyl (C=O) groups is 1. The molecule has 33 heavy (non-hydrogen) atoms. The number of carbonyl (C=O) groups excluding carboxylic acids is 1. The van der Waals surface area contributed by atoms with Crippen LogP contribution < -0.4 is 16.6 Å². The molecule has 3 heterocycles. The molecule has 0 radical (unpaired) electrons. The molecule has 1 aliphatic heterocycles. The van der Waals surface area contributed by atoms with Crippen molar-refractivity contribution in [2.45, 2.75) is 45.6 Å². The molecule has 0 unspecified atom stereocenters. The largest absolute Gasteiger partial charge is 0.364 e. The lowest BCUT2D eigenvalue weighted by Gasteiger charge is -2.31. The van der Waals surface area contributed by atoms with E-state index in [-0.39, 0.29) is 17.4 Å². The highest BCUT2D eigenvalue weighted by Crippen LogP contribution is 2.26. The Balaban J connectivity index is 1.23. The maximum absolute atomic E-state index is 12.7. The van der Waals surface area contributed by atoms with Crippen molar-refractivity contribution in [3.63, 3.8) is 0 Å². The van der Waals surface area contributed by atoms with Crippen LogP contribution in [0.2, 0.25) is 0 Å². The summed E-state index contributed by atoms with van der Waals surface area (Å²) in [6.07, 6.45) is 6.15. The monoisotopic (exact) mass is 449 g/mol. The van der Waals surface area contributed by atoms with Gasteiger partial charge in [-0.3, -0.25) is 19.1 Å². The molecule has 172 valence electrons. The average molecular weight is 450 g/mol. The van der Waals surface area contributed by atoms with Crippen LogP contribution in [0, 0.1) is 12.8 Å². The van der Waals surface area contributed by atoms with Crippen LogP contribution in [0.15, 0.2) is 44.6 Å². The smallest absolute Gasteiger partial charge is 0.329 e. The molecule has 0 bridgehead atoms. The Morgan fingerprint density at radius 3 is 2.70 bits per heavy atom. The van der Waals surface area contributed by atoms with Gasteiger partial charge in [-0.25, -0.2) is 4.79 Å². The van der Waals surface area contributed by atoms with E-state index in [2.05, 4.69) is 27.6 Å². The van der Waals surface area contributed by atoms with Gasteiger partial charge in [0, 0.05) is 31.4 Å².